The van der Waals surface area contributed by atoms with Crippen LogP contribution in [-0.2, 0) is 6.42 Å². The minimum Gasteiger partial charge on any atom is -0.504 e. The highest BCUT2D eigenvalue weighted by Crippen LogP contribution is 2.41. The first kappa shape index (κ1) is 22.1. The summed E-state index contributed by atoms with van der Waals surface area (Å²) in [6.07, 6.45) is 3.48. The molecule has 0 bridgehead atoms. The fraction of sp³-hybridized carbons (Fsp3) is 0.143. The van der Waals surface area contributed by atoms with Gasteiger partial charge in [-0.2, -0.15) is 0 Å². The third-order valence-electron chi connectivity index (χ3n) is 6.56. The maximum atomic E-state index is 13.8. The Balaban J connectivity index is 1.63. The molecule has 0 fully saturated rings. The SMILES string of the molecule is COc1cc(Br)cc(C=c2sc3n(c2=O)C(c2ccccc2)C2=C(N=3)c3ccccc3CC2)c1O. The smallest absolute Gasteiger partial charge is 0.271 e. The van der Waals surface area contributed by atoms with Crippen LogP contribution in [0.15, 0.2) is 86.6 Å². The number of methoxy groups -OCH3 is 1. The summed E-state index contributed by atoms with van der Waals surface area (Å²) in [5.41, 5.74) is 6.02. The number of nitrogens with zero attached hydrogens (tertiary/aromatic N) is 2. The number of aryl methyl sites for hydroxylation is 1. The number of fused-ring (bicyclic) bond motifs is 3. The van der Waals surface area contributed by atoms with E-state index in [2.05, 4.69) is 46.3 Å². The van der Waals surface area contributed by atoms with Crippen molar-refractivity contribution in [1.82, 2.24) is 4.57 Å². The Kier molecular flexibility index (Phi) is 5.46. The van der Waals surface area contributed by atoms with E-state index >= 15 is 0 Å². The molecule has 0 amide bonds. The van der Waals surface area contributed by atoms with Gasteiger partial charge >= 0.3 is 0 Å². The molecule has 1 unspecified atom stereocenters. The van der Waals surface area contributed by atoms with E-state index in [1.807, 2.05) is 28.8 Å². The van der Waals surface area contributed by atoms with Crippen LogP contribution in [-0.4, -0.2) is 16.8 Å². The summed E-state index contributed by atoms with van der Waals surface area (Å²) < 4.78 is 8.35. The van der Waals surface area contributed by atoms with Crippen LogP contribution in [0.2, 0.25) is 0 Å². The summed E-state index contributed by atoms with van der Waals surface area (Å²) in [6.45, 7) is 0. The molecule has 2 heterocycles. The van der Waals surface area contributed by atoms with Gasteiger partial charge < -0.3 is 9.84 Å². The van der Waals surface area contributed by atoms with Crippen molar-refractivity contribution in [2.75, 3.05) is 7.11 Å². The number of aromatic nitrogens is 1. The number of hydrogen-bond acceptors (Lipinski definition) is 5. The zero-order chi connectivity index (χ0) is 24.1. The minimum atomic E-state index is -0.219. The first-order chi connectivity index (χ1) is 17.0. The molecule has 0 saturated carbocycles. The Bertz CT molecular complexity index is 1690. The van der Waals surface area contributed by atoms with Crippen molar-refractivity contribution in [3.63, 3.8) is 0 Å². The number of rotatable bonds is 3. The lowest BCUT2D eigenvalue weighted by molar-refractivity contribution is 0.372. The van der Waals surface area contributed by atoms with Gasteiger partial charge in [-0.3, -0.25) is 9.36 Å². The van der Waals surface area contributed by atoms with Crippen LogP contribution in [0.3, 0.4) is 0 Å². The third kappa shape index (κ3) is 3.66. The first-order valence-electron chi connectivity index (χ1n) is 11.3. The molecule has 0 spiro atoms. The lowest BCUT2D eigenvalue weighted by atomic mass is 9.83. The van der Waals surface area contributed by atoms with E-state index in [1.165, 1.54) is 29.6 Å². The number of thiazole rings is 1. The van der Waals surface area contributed by atoms with Gasteiger partial charge in [-0.25, -0.2) is 4.99 Å². The summed E-state index contributed by atoms with van der Waals surface area (Å²) in [5, 5.41) is 10.7. The molecule has 7 heteroatoms. The second-order valence-electron chi connectivity index (χ2n) is 8.57. The Morgan fingerprint density at radius 2 is 1.89 bits per heavy atom. The predicted octanol–water partition coefficient (Wildman–Crippen LogP) is 4.80. The minimum absolute atomic E-state index is 0.00522. The summed E-state index contributed by atoms with van der Waals surface area (Å²) >= 11 is 4.80. The van der Waals surface area contributed by atoms with Crippen LogP contribution in [0.4, 0.5) is 0 Å². The van der Waals surface area contributed by atoms with Crippen molar-refractivity contribution in [2.24, 2.45) is 4.99 Å². The number of aromatic hydroxyl groups is 1. The highest BCUT2D eigenvalue weighted by Gasteiger charge is 2.32. The van der Waals surface area contributed by atoms with Crippen molar-refractivity contribution in [2.45, 2.75) is 18.9 Å². The van der Waals surface area contributed by atoms with Crippen LogP contribution >= 0.6 is 27.3 Å². The molecule has 6 rings (SSSR count). The van der Waals surface area contributed by atoms with E-state index in [9.17, 15) is 9.90 Å². The second kappa shape index (κ2) is 8.66. The zero-order valence-corrected chi connectivity index (χ0v) is 21.3. The number of halogens is 1. The van der Waals surface area contributed by atoms with Gasteiger partial charge in [-0.05, 0) is 47.8 Å². The number of hydrogen-bond donors (Lipinski definition) is 1. The van der Waals surface area contributed by atoms with Crippen molar-refractivity contribution < 1.29 is 9.84 Å². The van der Waals surface area contributed by atoms with Gasteiger partial charge in [-0.15, -0.1) is 0 Å². The van der Waals surface area contributed by atoms with Gasteiger partial charge in [0, 0.05) is 15.6 Å². The second-order valence-corrected chi connectivity index (χ2v) is 10.5. The molecule has 1 N–H and O–H groups in total. The fourth-order valence-electron chi connectivity index (χ4n) is 4.96. The molecule has 174 valence electrons. The van der Waals surface area contributed by atoms with Crippen molar-refractivity contribution in [1.29, 1.82) is 0 Å². The summed E-state index contributed by atoms with van der Waals surface area (Å²) in [4.78, 5) is 19.5. The molecule has 0 saturated heterocycles. The molecule has 35 heavy (non-hydrogen) atoms. The highest BCUT2D eigenvalue weighted by molar-refractivity contribution is 9.10. The predicted molar refractivity (Wildman–Crippen MR) is 142 cm³/mol. The van der Waals surface area contributed by atoms with Gasteiger partial charge in [0.25, 0.3) is 5.56 Å². The average molecular weight is 545 g/mol. The number of benzene rings is 3. The first-order valence-corrected chi connectivity index (χ1v) is 12.9. The highest BCUT2D eigenvalue weighted by atomic mass is 79.9. The van der Waals surface area contributed by atoms with Crippen LogP contribution in [0, 0.1) is 0 Å². The molecule has 1 aliphatic carbocycles. The summed E-state index contributed by atoms with van der Waals surface area (Å²) in [6, 6.07) is 21.8. The van der Waals surface area contributed by atoms with Crippen molar-refractivity contribution >= 4 is 39.0 Å². The van der Waals surface area contributed by atoms with Crippen LogP contribution in [0.5, 0.6) is 11.5 Å². The molecule has 0 radical (unpaired) electrons. The van der Waals surface area contributed by atoms with Crippen LogP contribution < -0.4 is 19.6 Å². The summed E-state index contributed by atoms with van der Waals surface area (Å²) in [7, 11) is 1.50. The number of phenolic OH excluding ortho intramolecular Hbond substituents is 1. The van der Waals surface area contributed by atoms with Gasteiger partial charge in [-0.1, -0.05) is 81.9 Å². The Morgan fingerprint density at radius 3 is 2.69 bits per heavy atom. The standard InChI is InChI=1S/C28H21BrN2O3S/c1-34-22-15-19(29)13-18(26(22)32)14-23-27(33)31-25(17-8-3-2-4-9-17)21-12-11-16-7-5-6-10-20(16)24(21)30-28(31)35-23/h2-10,13-15,25,32H,11-12H2,1H3. The molecular weight excluding hydrogens is 524 g/mol. The van der Waals surface area contributed by atoms with Gasteiger partial charge in [0.15, 0.2) is 16.3 Å². The molecule has 1 aliphatic heterocycles. The average Bonchev–Trinajstić information content (AvgIpc) is 3.19. The number of phenols is 1. The molecule has 5 nitrogen and oxygen atoms in total. The quantitative estimate of drug-likeness (QED) is 0.403. The lowest BCUT2D eigenvalue weighted by Gasteiger charge is -2.30. The molecule has 1 atom stereocenters. The third-order valence-corrected chi connectivity index (χ3v) is 8.00. The molecular formula is C28H21BrN2O3S. The maximum Gasteiger partial charge on any atom is 0.271 e. The Hall–Kier alpha value is -3.42. The Labute approximate surface area is 214 Å². The normalized spacial score (nSPS) is 16.9. The monoisotopic (exact) mass is 544 g/mol. The maximum absolute atomic E-state index is 13.8. The van der Waals surface area contributed by atoms with Crippen LogP contribution in [0.1, 0.15) is 34.7 Å². The van der Waals surface area contributed by atoms with E-state index in [0.717, 1.165) is 34.1 Å². The van der Waals surface area contributed by atoms with E-state index in [4.69, 9.17) is 9.73 Å². The van der Waals surface area contributed by atoms with Gasteiger partial charge in [0.2, 0.25) is 0 Å². The Morgan fingerprint density at radius 1 is 1.11 bits per heavy atom. The molecule has 3 aromatic carbocycles. The van der Waals surface area contributed by atoms with Gasteiger partial charge in [0.05, 0.1) is 23.4 Å². The molecule has 1 aromatic heterocycles. The number of allylic oxidation sites excluding steroid dienone is 1. The lowest BCUT2D eigenvalue weighted by Crippen LogP contribution is -2.38. The molecule has 2 aliphatic rings. The fourth-order valence-corrected chi connectivity index (χ4v) is 6.41. The van der Waals surface area contributed by atoms with E-state index < -0.39 is 0 Å². The van der Waals surface area contributed by atoms with Crippen LogP contribution in [0.25, 0.3) is 11.8 Å². The summed E-state index contributed by atoms with van der Waals surface area (Å²) in [5.74, 6) is 0.335. The molecule has 4 aromatic rings. The topological polar surface area (TPSA) is 63.8 Å². The van der Waals surface area contributed by atoms with Crippen molar-refractivity contribution in [3.8, 4) is 11.5 Å². The zero-order valence-electron chi connectivity index (χ0n) is 18.9. The van der Waals surface area contributed by atoms with E-state index in [1.54, 1.807) is 18.2 Å². The number of ether oxygens (including phenoxy) is 1. The van der Waals surface area contributed by atoms with E-state index in [-0.39, 0.29) is 17.4 Å². The van der Waals surface area contributed by atoms with Crippen molar-refractivity contribution in [3.05, 3.63) is 119 Å². The van der Waals surface area contributed by atoms with Gasteiger partial charge in [0.1, 0.15) is 0 Å². The largest absolute Gasteiger partial charge is 0.504 e. The van der Waals surface area contributed by atoms with E-state index in [0.29, 0.717) is 20.6 Å².